The van der Waals surface area contributed by atoms with Gasteiger partial charge in [0.05, 0.1) is 0 Å². The lowest BCUT2D eigenvalue weighted by Crippen LogP contribution is -2.48. The Morgan fingerprint density at radius 3 is 1.00 bits per heavy atom. The van der Waals surface area contributed by atoms with Crippen molar-refractivity contribution in [2.24, 2.45) is 0 Å². The Bertz CT molecular complexity index is 345. The fourth-order valence-corrected chi connectivity index (χ4v) is 66.7. The van der Waals surface area contributed by atoms with Gasteiger partial charge in [0.1, 0.15) is 0 Å². The van der Waals surface area contributed by atoms with Crippen LogP contribution in [-0.2, 0) is 0 Å². The second-order valence-electron chi connectivity index (χ2n) is 12.1. The monoisotopic (exact) mass is 507 g/mol. The lowest BCUT2D eigenvalue weighted by Gasteiger charge is -2.41. The van der Waals surface area contributed by atoms with Crippen molar-refractivity contribution in [2.75, 3.05) is 0 Å². The lowest BCUT2D eigenvalue weighted by atomic mass is 10.9. The van der Waals surface area contributed by atoms with Crippen LogP contribution in [0.4, 0.5) is 0 Å². The molecule has 1 radical (unpaired) electrons. The molecule has 0 unspecified atom stereocenters. The fraction of sp³-hybridized carbons (Fsp3) is 1.00. The maximum absolute atomic E-state index is 2.68. The van der Waals surface area contributed by atoms with Crippen molar-refractivity contribution < 1.29 is 0 Å². The minimum absolute atomic E-state index is 0.419. The van der Waals surface area contributed by atoms with Crippen LogP contribution < -0.4 is 0 Å². The summed E-state index contributed by atoms with van der Waals surface area (Å²) in [7, 11) is -3.29. The van der Waals surface area contributed by atoms with Crippen LogP contribution in [-0.4, -0.2) is 69.7 Å². The van der Waals surface area contributed by atoms with E-state index < -0.39 is 60.1 Å². The number of hydrogen-bond acceptors (Lipinski definition) is 0. The molecule has 0 rings (SSSR count). The second kappa shape index (κ2) is 13.9. The first-order valence-corrected chi connectivity index (χ1v) is 35.4. The Morgan fingerprint density at radius 1 is 0.481 bits per heavy atom. The topological polar surface area (TPSA) is 0 Å². The van der Waals surface area contributed by atoms with Crippen molar-refractivity contribution in [1.82, 2.24) is 0 Å². The molecule has 0 bridgehead atoms. The Balaban J connectivity index is 5.70. The summed E-state index contributed by atoms with van der Waals surface area (Å²) in [5.74, 6) is 0. The summed E-state index contributed by atoms with van der Waals surface area (Å²) in [6.45, 7) is 29.3. The van der Waals surface area contributed by atoms with E-state index in [4.69, 9.17) is 0 Å². The zero-order valence-corrected chi connectivity index (χ0v) is 30.0. The van der Waals surface area contributed by atoms with Gasteiger partial charge in [0.2, 0.25) is 0 Å². The van der Waals surface area contributed by atoms with E-state index in [1.165, 1.54) is 0 Å². The van der Waals surface area contributed by atoms with Crippen LogP contribution in [0, 0.1) is 0 Å². The van der Waals surface area contributed by atoms with E-state index in [1.54, 1.807) is 23.0 Å². The molecule has 0 saturated heterocycles. The van der Waals surface area contributed by atoms with E-state index in [0.717, 1.165) is 9.52 Å². The minimum atomic E-state index is -0.966. The molecule has 8 heteroatoms. The minimum Gasteiger partial charge on any atom is -0.0743 e. The summed E-state index contributed by atoms with van der Waals surface area (Å²) in [6.07, 6.45) is 0. The molecule has 0 aliphatic heterocycles. The molecule has 0 spiro atoms. The highest BCUT2D eigenvalue weighted by Gasteiger charge is 2.40. The summed E-state index contributed by atoms with van der Waals surface area (Å²) in [5.41, 5.74) is 10.8. The van der Waals surface area contributed by atoms with Crippen molar-refractivity contribution in [3.63, 3.8) is 0 Å². The predicted octanol–water partition coefficient (Wildman–Crippen LogP) is 5.46. The SMILES string of the molecule is C[SiH]C[Si](CC[Si](C[SiH](C)C)(C[SiH](C)C)C[SiH](C)C)(C[SiH](C)C)C[SiH](C)C. The third-order valence-corrected chi connectivity index (χ3v) is 47.9. The van der Waals surface area contributed by atoms with Crippen molar-refractivity contribution in [2.45, 2.75) is 118 Å². The molecule has 0 atom stereocenters. The van der Waals surface area contributed by atoms with Crippen LogP contribution in [0.5, 0.6) is 0 Å². The van der Waals surface area contributed by atoms with E-state index >= 15 is 0 Å². The lowest BCUT2D eigenvalue weighted by molar-refractivity contribution is 1.20. The smallest absolute Gasteiger partial charge is 0.0446 e. The highest BCUT2D eigenvalue weighted by atomic mass is 28.4. The molecule has 0 fully saturated rings. The quantitative estimate of drug-likeness (QED) is 0.258. The Labute approximate surface area is 187 Å². The largest absolute Gasteiger partial charge is 0.0743 e. The highest BCUT2D eigenvalue weighted by Crippen LogP contribution is 2.37. The molecule has 163 valence electrons. The first-order chi connectivity index (χ1) is 12.4. The van der Waals surface area contributed by atoms with Gasteiger partial charge in [-0.25, -0.2) is 0 Å². The zero-order chi connectivity index (χ0) is 21.3. The number of rotatable bonds is 15. The molecular formula is C19H55Si8. The van der Waals surface area contributed by atoms with Gasteiger partial charge in [-0.3, -0.25) is 0 Å². The molecule has 0 aliphatic rings. The molecule has 0 aromatic rings. The van der Waals surface area contributed by atoms with Crippen LogP contribution >= 0.6 is 0 Å². The summed E-state index contributed by atoms with van der Waals surface area (Å²) in [5, 5.41) is 0. The summed E-state index contributed by atoms with van der Waals surface area (Å²) in [6, 6.07) is 3.61. The average Bonchev–Trinajstić information content (AvgIpc) is 2.41. The fourth-order valence-electron chi connectivity index (χ4n) is 6.41. The Morgan fingerprint density at radius 2 is 0.741 bits per heavy atom. The second-order valence-corrected chi connectivity index (χ2v) is 43.7. The molecule has 0 amide bonds. The summed E-state index contributed by atoms with van der Waals surface area (Å²) >= 11 is 0. The highest BCUT2D eigenvalue weighted by molar-refractivity contribution is 7.03. The van der Waals surface area contributed by atoms with E-state index in [2.05, 4.69) is 72.0 Å². The van der Waals surface area contributed by atoms with Gasteiger partial charge in [-0.05, 0) is 0 Å². The van der Waals surface area contributed by atoms with Gasteiger partial charge >= 0.3 is 0 Å². The van der Waals surface area contributed by atoms with Crippen LogP contribution in [0.1, 0.15) is 0 Å². The van der Waals surface area contributed by atoms with Crippen molar-refractivity contribution in [3.05, 3.63) is 0 Å². The van der Waals surface area contributed by atoms with Gasteiger partial charge in [0.25, 0.3) is 0 Å². The van der Waals surface area contributed by atoms with Gasteiger partial charge in [-0.15, -0.1) is 0 Å². The van der Waals surface area contributed by atoms with Gasteiger partial charge in [0, 0.05) is 69.7 Å². The predicted molar refractivity (Wildman–Crippen MR) is 157 cm³/mol. The van der Waals surface area contributed by atoms with E-state index in [1.807, 2.05) is 23.0 Å². The van der Waals surface area contributed by atoms with Crippen LogP contribution in [0.3, 0.4) is 0 Å². The van der Waals surface area contributed by atoms with Crippen LogP contribution in [0.25, 0.3) is 0 Å². The van der Waals surface area contributed by atoms with E-state index in [0.29, 0.717) is 0 Å². The van der Waals surface area contributed by atoms with Crippen molar-refractivity contribution >= 4 is 69.7 Å². The van der Waals surface area contributed by atoms with Crippen LogP contribution in [0.15, 0.2) is 0 Å². The van der Waals surface area contributed by atoms with Crippen molar-refractivity contribution in [1.29, 1.82) is 0 Å². The normalized spacial score (nSPS) is 13.8. The molecule has 0 aliphatic carbocycles. The third kappa shape index (κ3) is 12.9. The first kappa shape index (κ1) is 28.7. The Hall–Kier alpha value is 1.74. The van der Waals surface area contributed by atoms with Gasteiger partial charge in [-0.2, -0.15) is 0 Å². The molecule has 0 nitrogen and oxygen atoms in total. The van der Waals surface area contributed by atoms with Gasteiger partial charge in [0.15, 0.2) is 0 Å². The molecule has 0 heterocycles. The maximum Gasteiger partial charge on any atom is 0.0446 e. The summed E-state index contributed by atoms with van der Waals surface area (Å²) in [4.78, 5) is 0. The number of hydrogen-bond donors (Lipinski definition) is 0. The molecule has 0 aromatic heterocycles. The van der Waals surface area contributed by atoms with E-state index in [-0.39, 0.29) is 0 Å². The molecule has 0 saturated carbocycles. The molecule has 27 heavy (non-hydrogen) atoms. The van der Waals surface area contributed by atoms with Gasteiger partial charge in [-0.1, -0.05) is 118 Å². The Kier molecular flexibility index (Phi) is 14.8. The summed E-state index contributed by atoms with van der Waals surface area (Å²) < 4.78 is 0. The van der Waals surface area contributed by atoms with Gasteiger partial charge < -0.3 is 0 Å². The maximum atomic E-state index is 2.68. The molecular weight excluding hydrogens is 453 g/mol. The molecule has 0 aromatic carbocycles. The standard InChI is InChI=1S/C19H55Si8/c1-20-14-26(15-21(2)3,16-22(4)5)12-13-27(17-23(6)7,18-24(8)9)19-25(10)11/h20-25H,12-19H2,1-11H3. The van der Waals surface area contributed by atoms with E-state index in [9.17, 15) is 0 Å². The zero-order valence-electron chi connectivity index (χ0n) is 21.1. The molecule has 0 N–H and O–H groups in total. The van der Waals surface area contributed by atoms with Crippen molar-refractivity contribution in [3.8, 4) is 0 Å². The first-order valence-electron chi connectivity index (χ1n) is 12.1. The third-order valence-electron chi connectivity index (χ3n) is 6.03. The average molecular weight is 508 g/mol. The van der Waals surface area contributed by atoms with Crippen LogP contribution in [0.2, 0.25) is 118 Å².